The maximum absolute atomic E-state index is 13.3. The lowest BCUT2D eigenvalue weighted by molar-refractivity contribution is 0.0726. The second-order valence-corrected chi connectivity index (χ2v) is 11.5. The molecule has 11 heteroatoms. The van der Waals surface area contributed by atoms with Crippen LogP contribution in [0.2, 0.25) is 10.0 Å². The van der Waals surface area contributed by atoms with Gasteiger partial charge in [0.15, 0.2) is 5.75 Å². The summed E-state index contributed by atoms with van der Waals surface area (Å²) in [5.41, 5.74) is -0.244. The van der Waals surface area contributed by atoms with Crippen molar-refractivity contribution in [2.45, 2.75) is 44.2 Å². The van der Waals surface area contributed by atoms with Gasteiger partial charge >= 0.3 is 0 Å². The molecule has 1 aliphatic rings. The molecule has 1 saturated heterocycles. The van der Waals surface area contributed by atoms with Gasteiger partial charge in [-0.25, -0.2) is 17.5 Å². The molecule has 180 valence electrons. The van der Waals surface area contributed by atoms with Crippen LogP contribution in [0.15, 0.2) is 35.2 Å². The first-order valence-electron chi connectivity index (χ1n) is 10.3. The molecule has 1 amide bonds. The van der Waals surface area contributed by atoms with E-state index in [4.69, 9.17) is 23.2 Å². The molecule has 3 rings (SSSR count). The predicted octanol–water partition coefficient (Wildman–Crippen LogP) is 4.27. The summed E-state index contributed by atoms with van der Waals surface area (Å²) in [4.78, 5) is 16.2. The molecule has 1 aliphatic heterocycles. The van der Waals surface area contributed by atoms with Crippen LogP contribution in [0.5, 0.6) is 5.75 Å². The van der Waals surface area contributed by atoms with Gasteiger partial charge in [-0.2, -0.15) is 0 Å². The van der Waals surface area contributed by atoms with E-state index in [1.54, 1.807) is 30.6 Å². The van der Waals surface area contributed by atoms with Crippen LogP contribution >= 0.6 is 23.2 Å². The molecule has 0 aliphatic carbocycles. The zero-order valence-corrected chi connectivity index (χ0v) is 21.0. The fraction of sp³-hybridized carbons (Fsp3) is 0.409. The Labute approximate surface area is 203 Å². The number of hydrogen-bond acceptors (Lipinski definition) is 5. The highest BCUT2D eigenvalue weighted by molar-refractivity contribution is 7.89. The summed E-state index contributed by atoms with van der Waals surface area (Å²) in [6.45, 7) is 7.88. The minimum atomic E-state index is -3.89. The third-order valence-electron chi connectivity index (χ3n) is 5.15. The molecular weight excluding hydrogens is 492 g/mol. The summed E-state index contributed by atoms with van der Waals surface area (Å²) in [6, 6.07) is 5.91. The molecule has 0 aromatic heterocycles. The Morgan fingerprint density at radius 3 is 2.39 bits per heavy atom. The SMILES string of the molecule is C[C@H]1CN(C(=O)c2ccc(F)cc2Cl)CCN1c1cc(S(=O)(=O)NC(C)(C)C)cc(Cl)c1O. The Kier molecular flexibility index (Phi) is 7.19. The molecule has 1 heterocycles. The second-order valence-electron chi connectivity index (χ2n) is 9.05. The Morgan fingerprint density at radius 2 is 1.82 bits per heavy atom. The van der Waals surface area contributed by atoms with E-state index >= 15 is 0 Å². The minimum Gasteiger partial charge on any atom is -0.504 e. The molecular formula is C22H26Cl2FN3O4S. The number of anilines is 1. The van der Waals surface area contributed by atoms with Crippen molar-refractivity contribution < 1.29 is 22.7 Å². The average molecular weight is 518 g/mol. The zero-order chi connectivity index (χ0) is 24.7. The van der Waals surface area contributed by atoms with E-state index in [9.17, 15) is 22.7 Å². The molecule has 2 N–H and O–H groups in total. The lowest BCUT2D eigenvalue weighted by atomic mass is 10.1. The van der Waals surface area contributed by atoms with E-state index in [1.807, 2.05) is 6.92 Å². The molecule has 0 spiro atoms. The lowest BCUT2D eigenvalue weighted by Gasteiger charge is -2.41. The summed E-state index contributed by atoms with van der Waals surface area (Å²) in [5.74, 6) is -1.10. The second kappa shape index (κ2) is 9.29. The monoisotopic (exact) mass is 517 g/mol. The van der Waals surface area contributed by atoms with Gasteiger partial charge in [0.2, 0.25) is 10.0 Å². The maximum Gasteiger partial charge on any atom is 0.255 e. The van der Waals surface area contributed by atoms with Crippen LogP contribution in [0.3, 0.4) is 0 Å². The third-order valence-corrected chi connectivity index (χ3v) is 7.49. The molecule has 2 aromatic carbocycles. The van der Waals surface area contributed by atoms with E-state index in [0.29, 0.717) is 6.54 Å². The standard InChI is InChI=1S/C22H26Cl2FN3O4S/c1-13-12-27(21(30)16-6-5-14(25)9-17(16)23)7-8-28(13)19-11-15(10-18(24)20(19)29)33(31,32)26-22(2,3)4/h5-6,9-11,13,26,29H,7-8,12H2,1-4H3/t13-/m0/s1. The van der Waals surface area contributed by atoms with Crippen LogP contribution in [0.25, 0.3) is 0 Å². The number of piperazine rings is 1. The van der Waals surface area contributed by atoms with E-state index in [1.165, 1.54) is 24.3 Å². The Morgan fingerprint density at radius 1 is 1.15 bits per heavy atom. The number of rotatable bonds is 4. The molecule has 0 unspecified atom stereocenters. The molecule has 2 aromatic rings. The van der Waals surface area contributed by atoms with Crippen molar-refractivity contribution in [2.75, 3.05) is 24.5 Å². The third kappa shape index (κ3) is 5.71. The molecule has 1 fully saturated rings. The van der Waals surface area contributed by atoms with Gasteiger partial charge in [-0.15, -0.1) is 0 Å². The van der Waals surface area contributed by atoms with Gasteiger partial charge < -0.3 is 14.9 Å². The topological polar surface area (TPSA) is 90.0 Å². The Balaban J connectivity index is 1.87. The molecule has 0 saturated carbocycles. The fourth-order valence-corrected chi connectivity index (χ4v) is 5.72. The summed E-state index contributed by atoms with van der Waals surface area (Å²) in [5, 5.41) is 10.5. The van der Waals surface area contributed by atoms with E-state index in [-0.39, 0.29) is 57.0 Å². The Hall–Kier alpha value is -2.07. The van der Waals surface area contributed by atoms with Gasteiger partial charge in [0, 0.05) is 31.2 Å². The molecule has 1 atom stereocenters. The van der Waals surface area contributed by atoms with Gasteiger partial charge in [0.25, 0.3) is 5.91 Å². The minimum absolute atomic E-state index is 0.0313. The van der Waals surface area contributed by atoms with Gasteiger partial charge in [0.1, 0.15) is 5.82 Å². The van der Waals surface area contributed by atoms with Crippen LogP contribution in [0.1, 0.15) is 38.1 Å². The molecule has 0 radical (unpaired) electrons. The highest BCUT2D eigenvalue weighted by Gasteiger charge is 2.32. The number of halogens is 3. The van der Waals surface area contributed by atoms with Crippen LogP contribution in [0, 0.1) is 5.82 Å². The summed E-state index contributed by atoms with van der Waals surface area (Å²) >= 11 is 12.2. The highest BCUT2D eigenvalue weighted by atomic mass is 35.5. The van der Waals surface area contributed by atoms with E-state index < -0.39 is 21.4 Å². The first-order chi connectivity index (χ1) is 15.2. The fourth-order valence-electron chi connectivity index (χ4n) is 3.73. The summed E-state index contributed by atoms with van der Waals surface area (Å²) in [7, 11) is -3.89. The number of amides is 1. The highest BCUT2D eigenvalue weighted by Crippen LogP contribution is 2.39. The van der Waals surface area contributed by atoms with E-state index in [2.05, 4.69) is 4.72 Å². The van der Waals surface area contributed by atoms with Crippen molar-refractivity contribution in [3.05, 3.63) is 51.8 Å². The number of hydrogen-bond donors (Lipinski definition) is 2. The molecule has 33 heavy (non-hydrogen) atoms. The van der Waals surface area contributed by atoms with Crippen LogP contribution < -0.4 is 9.62 Å². The smallest absolute Gasteiger partial charge is 0.255 e. The number of carbonyl (C=O) groups is 1. The van der Waals surface area contributed by atoms with Crippen molar-refractivity contribution in [3.8, 4) is 5.75 Å². The van der Waals surface area contributed by atoms with Crippen molar-refractivity contribution in [2.24, 2.45) is 0 Å². The van der Waals surface area contributed by atoms with E-state index in [0.717, 1.165) is 6.07 Å². The number of nitrogens with zero attached hydrogens (tertiary/aromatic N) is 2. The van der Waals surface area contributed by atoms with Gasteiger partial charge in [0.05, 0.1) is 26.2 Å². The number of benzene rings is 2. The van der Waals surface area contributed by atoms with Crippen LogP contribution in [-0.4, -0.2) is 55.5 Å². The summed E-state index contributed by atoms with van der Waals surface area (Å²) in [6.07, 6.45) is 0. The molecule has 7 nitrogen and oxygen atoms in total. The number of aromatic hydroxyl groups is 1. The summed E-state index contributed by atoms with van der Waals surface area (Å²) < 4.78 is 41.5. The number of carbonyl (C=O) groups excluding carboxylic acids is 1. The first kappa shape index (κ1) is 25.6. The van der Waals surface area contributed by atoms with Crippen LogP contribution in [0.4, 0.5) is 10.1 Å². The Bertz CT molecular complexity index is 1180. The molecule has 0 bridgehead atoms. The number of sulfonamides is 1. The van der Waals surface area contributed by atoms with Crippen LogP contribution in [-0.2, 0) is 10.0 Å². The van der Waals surface area contributed by atoms with Crippen molar-refractivity contribution in [1.82, 2.24) is 9.62 Å². The van der Waals surface area contributed by atoms with Gasteiger partial charge in [-0.05, 0) is 58.0 Å². The average Bonchev–Trinajstić information content (AvgIpc) is 2.68. The number of phenolic OH excluding ortho intramolecular Hbond substituents is 1. The zero-order valence-electron chi connectivity index (χ0n) is 18.7. The normalized spacial score (nSPS) is 17.4. The van der Waals surface area contributed by atoms with Crippen molar-refractivity contribution >= 4 is 44.8 Å². The quantitative estimate of drug-likeness (QED) is 0.632. The maximum atomic E-state index is 13.3. The largest absolute Gasteiger partial charge is 0.504 e. The predicted molar refractivity (Wildman–Crippen MR) is 127 cm³/mol. The number of nitrogens with one attached hydrogen (secondary N) is 1. The lowest BCUT2D eigenvalue weighted by Crippen LogP contribution is -2.54. The van der Waals surface area contributed by atoms with Crippen molar-refractivity contribution in [3.63, 3.8) is 0 Å². The number of phenols is 1. The van der Waals surface area contributed by atoms with Gasteiger partial charge in [-0.1, -0.05) is 23.2 Å². The first-order valence-corrected chi connectivity index (χ1v) is 12.5. The van der Waals surface area contributed by atoms with Crippen molar-refractivity contribution in [1.29, 1.82) is 0 Å². The van der Waals surface area contributed by atoms with Gasteiger partial charge in [-0.3, -0.25) is 4.79 Å².